The van der Waals surface area contributed by atoms with Gasteiger partial charge in [-0.15, -0.1) is 0 Å². The Labute approximate surface area is 139 Å². The van der Waals surface area contributed by atoms with Crippen molar-refractivity contribution < 1.29 is 14.6 Å². The van der Waals surface area contributed by atoms with Gasteiger partial charge >= 0.3 is 0 Å². The van der Waals surface area contributed by atoms with E-state index in [1.54, 1.807) is 29.0 Å². The normalized spacial score (nSPS) is 11.1. The number of carbonyl (C=O) groups is 1. The Morgan fingerprint density at radius 1 is 1.33 bits per heavy atom. The summed E-state index contributed by atoms with van der Waals surface area (Å²) < 4.78 is 6.69. The van der Waals surface area contributed by atoms with Crippen LogP contribution in [-0.2, 0) is 11.8 Å². The molecule has 0 aliphatic rings. The molecule has 6 nitrogen and oxygen atoms in total. The first-order valence-electron chi connectivity index (χ1n) is 7.35. The average molecular weight is 323 g/mol. The summed E-state index contributed by atoms with van der Waals surface area (Å²) in [5.74, 6) is 0.139. The maximum atomic E-state index is 12.1. The third-order valence-corrected chi connectivity index (χ3v) is 3.54. The van der Waals surface area contributed by atoms with Crippen LogP contribution in [0.3, 0.4) is 0 Å². The second-order valence-corrected chi connectivity index (χ2v) is 5.30. The molecular formula is C18H17N3O3. The highest BCUT2D eigenvalue weighted by molar-refractivity contribution is 6.06. The van der Waals surface area contributed by atoms with Crippen LogP contribution in [0.2, 0.25) is 0 Å². The molecule has 0 fully saturated rings. The minimum Gasteiger partial charge on any atom is -0.504 e. The Morgan fingerprint density at radius 3 is 2.92 bits per heavy atom. The van der Waals surface area contributed by atoms with Crippen LogP contribution < -0.4 is 10.1 Å². The molecule has 3 aromatic rings. The summed E-state index contributed by atoms with van der Waals surface area (Å²) in [6, 6.07) is 10.5. The number of nitrogens with one attached hydrogen (secondary N) is 1. The number of nitrogens with zero attached hydrogens (tertiary/aromatic N) is 2. The quantitative estimate of drug-likeness (QED) is 0.724. The van der Waals surface area contributed by atoms with Gasteiger partial charge in [-0.3, -0.25) is 9.48 Å². The molecule has 0 aliphatic heterocycles. The molecule has 0 aliphatic carbocycles. The number of aromatic hydroxyl groups is 1. The van der Waals surface area contributed by atoms with Crippen molar-refractivity contribution in [3.8, 4) is 11.5 Å². The molecule has 0 bridgehead atoms. The second-order valence-electron chi connectivity index (χ2n) is 5.30. The van der Waals surface area contributed by atoms with Crippen molar-refractivity contribution in [2.24, 2.45) is 7.05 Å². The number of anilines is 1. The number of amides is 1. The van der Waals surface area contributed by atoms with E-state index in [9.17, 15) is 9.90 Å². The van der Waals surface area contributed by atoms with Crippen LogP contribution in [-0.4, -0.2) is 27.9 Å². The summed E-state index contributed by atoms with van der Waals surface area (Å²) in [6.07, 6.45) is 4.91. The highest BCUT2D eigenvalue weighted by Gasteiger charge is 2.07. The van der Waals surface area contributed by atoms with Gasteiger partial charge in [-0.25, -0.2) is 0 Å². The fourth-order valence-electron chi connectivity index (χ4n) is 2.42. The molecule has 1 amide bonds. The van der Waals surface area contributed by atoms with E-state index in [-0.39, 0.29) is 11.7 Å². The van der Waals surface area contributed by atoms with Crippen molar-refractivity contribution in [1.29, 1.82) is 0 Å². The van der Waals surface area contributed by atoms with E-state index in [1.807, 2.05) is 25.4 Å². The third-order valence-electron chi connectivity index (χ3n) is 3.54. The van der Waals surface area contributed by atoms with E-state index in [1.165, 1.54) is 19.3 Å². The highest BCUT2D eigenvalue weighted by Crippen LogP contribution is 2.26. The number of phenolic OH excluding ortho intramolecular Hbond substituents is 1. The van der Waals surface area contributed by atoms with Crippen LogP contribution in [0.25, 0.3) is 17.0 Å². The van der Waals surface area contributed by atoms with Gasteiger partial charge in [0.1, 0.15) is 5.52 Å². The lowest BCUT2D eigenvalue weighted by molar-refractivity contribution is -0.111. The minimum absolute atomic E-state index is 0.0262. The minimum atomic E-state index is -0.275. The van der Waals surface area contributed by atoms with E-state index in [0.29, 0.717) is 17.0 Å². The lowest BCUT2D eigenvalue weighted by Crippen LogP contribution is -2.08. The highest BCUT2D eigenvalue weighted by atomic mass is 16.5. The van der Waals surface area contributed by atoms with Gasteiger partial charge in [0.05, 0.1) is 12.8 Å². The zero-order chi connectivity index (χ0) is 17.1. The number of fused-ring (bicyclic) bond motifs is 1. The van der Waals surface area contributed by atoms with Crippen molar-refractivity contribution in [1.82, 2.24) is 9.78 Å². The zero-order valence-electron chi connectivity index (χ0n) is 13.4. The number of hydrogen-bond donors (Lipinski definition) is 2. The van der Waals surface area contributed by atoms with Gasteiger partial charge in [0.25, 0.3) is 0 Å². The fourth-order valence-corrected chi connectivity index (χ4v) is 2.42. The fraction of sp³-hybridized carbons (Fsp3) is 0.111. The first-order chi connectivity index (χ1) is 11.6. The van der Waals surface area contributed by atoms with Crippen LogP contribution in [0.15, 0.2) is 48.7 Å². The maximum Gasteiger partial charge on any atom is 0.248 e. The Kier molecular flexibility index (Phi) is 4.20. The van der Waals surface area contributed by atoms with Gasteiger partial charge in [0.2, 0.25) is 5.91 Å². The molecule has 2 N–H and O–H groups in total. The first kappa shape index (κ1) is 15.6. The van der Waals surface area contributed by atoms with Crippen molar-refractivity contribution in [2.45, 2.75) is 0 Å². The lowest BCUT2D eigenvalue weighted by Gasteiger charge is -2.04. The molecule has 122 valence electrons. The van der Waals surface area contributed by atoms with E-state index in [2.05, 4.69) is 10.4 Å². The van der Waals surface area contributed by atoms with Crippen LogP contribution in [0.1, 0.15) is 5.56 Å². The molecule has 1 heterocycles. The molecule has 1 aromatic heterocycles. The molecule has 6 heteroatoms. The van der Waals surface area contributed by atoms with Crippen molar-refractivity contribution in [3.63, 3.8) is 0 Å². The van der Waals surface area contributed by atoms with Crippen molar-refractivity contribution in [3.05, 3.63) is 54.2 Å². The van der Waals surface area contributed by atoms with Gasteiger partial charge in [-0.1, -0.05) is 18.2 Å². The number of carbonyl (C=O) groups excluding carboxylic acids is 1. The summed E-state index contributed by atoms with van der Waals surface area (Å²) >= 11 is 0. The summed E-state index contributed by atoms with van der Waals surface area (Å²) in [5, 5.41) is 17.9. The summed E-state index contributed by atoms with van der Waals surface area (Å²) in [6.45, 7) is 0. The molecule has 24 heavy (non-hydrogen) atoms. The van der Waals surface area contributed by atoms with E-state index in [0.717, 1.165) is 10.9 Å². The van der Waals surface area contributed by atoms with Crippen LogP contribution in [0, 0.1) is 0 Å². The number of hydrogen-bond acceptors (Lipinski definition) is 4. The van der Waals surface area contributed by atoms with Gasteiger partial charge in [0.15, 0.2) is 11.5 Å². The summed E-state index contributed by atoms with van der Waals surface area (Å²) in [4.78, 5) is 12.1. The van der Waals surface area contributed by atoms with Gasteiger partial charge in [-0.05, 0) is 29.8 Å². The maximum absolute atomic E-state index is 12.1. The molecular weight excluding hydrogens is 306 g/mol. The number of ether oxygens (including phenoxy) is 1. The Morgan fingerprint density at radius 2 is 2.17 bits per heavy atom. The molecule has 0 unspecified atom stereocenters. The molecule has 2 aromatic carbocycles. The largest absolute Gasteiger partial charge is 0.504 e. The predicted octanol–water partition coefficient (Wildman–Crippen LogP) is 2.94. The molecule has 0 spiro atoms. The van der Waals surface area contributed by atoms with Crippen LogP contribution >= 0.6 is 0 Å². The summed E-state index contributed by atoms with van der Waals surface area (Å²) in [7, 11) is 3.32. The smallest absolute Gasteiger partial charge is 0.248 e. The molecule has 0 saturated carbocycles. The average Bonchev–Trinajstić information content (AvgIpc) is 2.94. The Balaban J connectivity index is 1.76. The van der Waals surface area contributed by atoms with Gasteiger partial charge in [0, 0.05) is 24.7 Å². The standard InChI is InChI=1S/C18H17N3O3/c1-21-11-13-4-3-5-14(18(13)20-21)19-17(23)9-7-12-6-8-16(24-2)15(22)10-12/h3-11,22H,1-2H3,(H,19,23)/b9-7+. The van der Waals surface area contributed by atoms with Crippen LogP contribution in [0.5, 0.6) is 11.5 Å². The SMILES string of the molecule is COc1ccc(/C=C/C(=O)Nc2cccc3cn(C)nc23)cc1O. The van der Waals surface area contributed by atoms with Crippen LogP contribution in [0.4, 0.5) is 5.69 Å². The number of aromatic nitrogens is 2. The Hall–Kier alpha value is -3.28. The summed E-state index contributed by atoms with van der Waals surface area (Å²) in [5.41, 5.74) is 2.09. The predicted molar refractivity (Wildman–Crippen MR) is 93.0 cm³/mol. The van der Waals surface area contributed by atoms with E-state index in [4.69, 9.17) is 4.74 Å². The van der Waals surface area contributed by atoms with Crippen molar-refractivity contribution >= 4 is 28.6 Å². The number of phenols is 1. The number of benzene rings is 2. The third kappa shape index (κ3) is 3.22. The number of aryl methyl sites for hydroxylation is 1. The first-order valence-corrected chi connectivity index (χ1v) is 7.35. The number of methoxy groups -OCH3 is 1. The number of rotatable bonds is 4. The molecule has 0 atom stereocenters. The molecule has 3 rings (SSSR count). The molecule has 0 radical (unpaired) electrons. The van der Waals surface area contributed by atoms with Gasteiger partial charge in [-0.2, -0.15) is 5.10 Å². The zero-order valence-corrected chi connectivity index (χ0v) is 13.4. The van der Waals surface area contributed by atoms with Gasteiger partial charge < -0.3 is 15.2 Å². The lowest BCUT2D eigenvalue weighted by atomic mass is 10.2. The van der Waals surface area contributed by atoms with Crippen molar-refractivity contribution in [2.75, 3.05) is 12.4 Å². The van der Waals surface area contributed by atoms with E-state index >= 15 is 0 Å². The molecule has 0 saturated heterocycles. The topological polar surface area (TPSA) is 76.4 Å². The Bertz CT molecular complexity index is 928. The second kappa shape index (κ2) is 6.45. The monoisotopic (exact) mass is 323 g/mol. The van der Waals surface area contributed by atoms with E-state index < -0.39 is 0 Å².